The molecule has 2 rings (SSSR count). The van der Waals surface area contributed by atoms with E-state index in [1.807, 2.05) is 0 Å². The van der Waals surface area contributed by atoms with Crippen molar-refractivity contribution in [3.63, 3.8) is 0 Å². The monoisotopic (exact) mass is 286 g/mol. The Hall–Kier alpha value is -1.34. The lowest BCUT2D eigenvalue weighted by Gasteiger charge is -2.26. The standard InChI is InChI=1S/C13H22N2O5/c1-19-13(5-6-20-8-13)7-14-12(18)15-10-4-2-3-9(10)11(16)17/h9-10H,2-8H2,1H3,(H,16,17)(H2,14,15,18). The van der Waals surface area contributed by atoms with Crippen LogP contribution in [-0.4, -0.2) is 55.6 Å². The Morgan fingerprint density at radius 3 is 2.85 bits per heavy atom. The van der Waals surface area contributed by atoms with Gasteiger partial charge in [0, 0.05) is 26.2 Å². The molecule has 3 N–H and O–H groups in total. The Labute approximate surface area is 118 Å². The van der Waals surface area contributed by atoms with Gasteiger partial charge in [-0.15, -0.1) is 0 Å². The van der Waals surface area contributed by atoms with Crippen LogP contribution in [0.25, 0.3) is 0 Å². The molecule has 3 unspecified atom stereocenters. The van der Waals surface area contributed by atoms with E-state index in [0.717, 1.165) is 12.8 Å². The molecular formula is C13H22N2O5. The number of carbonyl (C=O) groups is 2. The predicted octanol–water partition coefficient (Wildman–Crippen LogP) is 0.344. The highest BCUT2D eigenvalue weighted by Crippen LogP contribution is 2.26. The van der Waals surface area contributed by atoms with E-state index in [0.29, 0.717) is 32.6 Å². The zero-order valence-electron chi connectivity index (χ0n) is 11.7. The first-order valence-corrected chi connectivity index (χ1v) is 6.96. The third kappa shape index (κ3) is 3.40. The number of aliphatic carboxylic acids is 1. The number of nitrogens with one attached hydrogen (secondary N) is 2. The number of hydrogen-bond donors (Lipinski definition) is 3. The van der Waals surface area contributed by atoms with E-state index in [-0.39, 0.29) is 12.1 Å². The summed E-state index contributed by atoms with van der Waals surface area (Å²) in [6, 6.07) is -0.628. The SMILES string of the molecule is COC1(CNC(=O)NC2CCCC2C(=O)O)CCOC1. The number of ether oxygens (including phenoxy) is 2. The van der Waals surface area contributed by atoms with Gasteiger partial charge in [0.1, 0.15) is 5.60 Å². The molecule has 114 valence electrons. The average molecular weight is 286 g/mol. The summed E-state index contributed by atoms with van der Waals surface area (Å²) in [6.07, 6.45) is 2.90. The zero-order chi connectivity index (χ0) is 14.6. The van der Waals surface area contributed by atoms with Gasteiger partial charge < -0.3 is 25.2 Å². The molecule has 0 radical (unpaired) electrons. The van der Waals surface area contributed by atoms with Crippen molar-refractivity contribution in [2.45, 2.75) is 37.3 Å². The molecule has 2 aliphatic rings. The maximum atomic E-state index is 11.9. The van der Waals surface area contributed by atoms with Crippen LogP contribution >= 0.6 is 0 Å². The molecule has 3 atom stereocenters. The summed E-state index contributed by atoms with van der Waals surface area (Å²) in [4.78, 5) is 22.9. The maximum absolute atomic E-state index is 11.9. The number of carbonyl (C=O) groups excluding carboxylic acids is 1. The van der Waals surface area contributed by atoms with Crippen LogP contribution in [0.1, 0.15) is 25.7 Å². The van der Waals surface area contributed by atoms with Gasteiger partial charge in [0.2, 0.25) is 0 Å². The summed E-state index contributed by atoms with van der Waals surface area (Å²) in [7, 11) is 1.60. The minimum absolute atomic E-state index is 0.286. The fraction of sp³-hybridized carbons (Fsp3) is 0.846. The number of carboxylic acid groups (broad SMARTS) is 1. The highest BCUT2D eigenvalue weighted by Gasteiger charge is 2.37. The number of urea groups is 1. The normalized spacial score (nSPS) is 33.0. The van der Waals surface area contributed by atoms with Gasteiger partial charge in [-0.3, -0.25) is 4.79 Å². The van der Waals surface area contributed by atoms with Crippen molar-refractivity contribution < 1.29 is 24.2 Å². The third-order valence-corrected chi connectivity index (χ3v) is 4.22. The van der Waals surface area contributed by atoms with Gasteiger partial charge in [-0.1, -0.05) is 6.42 Å². The lowest BCUT2D eigenvalue weighted by molar-refractivity contribution is -0.142. The van der Waals surface area contributed by atoms with Crippen molar-refractivity contribution in [3.8, 4) is 0 Å². The van der Waals surface area contributed by atoms with Gasteiger partial charge in [0.25, 0.3) is 0 Å². The van der Waals surface area contributed by atoms with Crippen LogP contribution in [0.5, 0.6) is 0 Å². The van der Waals surface area contributed by atoms with Gasteiger partial charge in [-0.2, -0.15) is 0 Å². The third-order valence-electron chi connectivity index (χ3n) is 4.22. The lowest BCUT2D eigenvalue weighted by Crippen LogP contribution is -2.51. The van der Waals surface area contributed by atoms with E-state index in [4.69, 9.17) is 14.6 Å². The predicted molar refractivity (Wildman–Crippen MR) is 70.5 cm³/mol. The largest absolute Gasteiger partial charge is 0.481 e. The van der Waals surface area contributed by atoms with Crippen molar-refractivity contribution >= 4 is 12.0 Å². The van der Waals surface area contributed by atoms with E-state index in [9.17, 15) is 9.59 Å². The van der Waals surface area contributed by atoms with Crippen LogP contribution in [0.3, 0.4) is 0 Å². The molecule has 7 heteroatoms. The fourth-order valence-corrected chi connectivity index (χ4v) is 2.85. The summed E-state index contributed by atoms with van der Waals surface area (Å²) < 4.78 is 10.7. The highest BCUT2D eigenvalue weighted by molar-refractivity contribution is 5.77. The Bertz CT molecular complexity index is 368. The molecule has 1 saturated heterocycles. The van der Waals surface area contributed by atoms with E-state index in [1.165, 1.54) is 0 Å². The smallest absolute Gasteiger partial charge is 0.315 e. The minimum Gasteiger partial charge on any atom is -0.481 e. The summed E-state index contributed by atoms with van der Waals surface area (Å²) >= 11 is 0. The second kappa shape index (κ2) is 6.41. The molecule has 0 aromatic rings. The quantitative estimate of drug-likeness (QED) is 0.677. The van der Waals surface area contributed by atoms with Crippen LogP contribution in [0.15, 0.2) is 0 Å². The first-order chi connectivity index (χ1) is 9.56. The molecule has 7 nitrogen and oxygen atoms in total. The van der Waals surface area contributed by atoms with Gasteiger partial charge in [0.15, 0.2) is 0 Å². The van der Waals surface area contributed by atoms with Crippen LogP contribution in [0, 0.1) is 5.92 Å². The molecule has 1 saturated carbocycles. The van der Waals surface area contributed by atoms with Gasteiger partial charge in [-0.25, -0.2) is 4.79 Å². The number of hydrogen-bond acceptors (Lipinski definition) is 4. The molecule has 0 aromatic carbocycles. The molecule has 1 aliphatic heterocycles. The first-order valence-electron chi connectivity index (χ1n) is 6.96. The summed E-state index contributed by atoms with van der Waals surface area (Å²) in [5.41, 5.74) is -0.459. The number of methoxy groups -OCH3 is 1. The molecule has 0 bridgehead atoms. The summed E-state index contributed by atoms with van der Waals surface area (Å²) in [6.45, 7) is 1.45. The van der Waals surface area contributed by atoms with Crippen molar-refractivity contribution in [3.05, 3.63) is 0 Å². The molecule has 1 heterocycles. The zero-order valence-corrected chi connectivity index (χ0v) is 11.7. The van der Waals surface area contributed by atoms with E-state index >= 15 is 0 Å². The van der Waals surface area contributed by atoms with Crippen molar-refractivity contribution in [1.29, 1.82) is 0 Å². The molecule has 2 fully saturated rings. The van der Waals surface area contributed by atoms with Crippen molar-refractivity contribution in [2.75, 3.05) is 26.9 Å². The van der Waals surface area contributed by atoms with Crippen molar-refractivity contribution in [1.82, 2.24) is 10.6 Å². The van der Waals surface area contributed by atoms with Gasteiger partial charge in [-0.05, 0) is 12.8 Å². The number of amides is 2. The van der Waals surface area contributed by atoms with Crippen LogP contribution in [-0.2, 0) is 14.3 Å². The lowest BCUT2D eigenvalue weighted by atomic mass is 10.0. The Morgan fingerprint density at radius 1 is 1.45 bits per heavy atom. The molecule has 20 heavy (non-hydrogen) atoms. The van der Waals surface area contributed by atoms with Crippen molar-refractivity contribution in [2.24, 2.45) is 5.92 Å². The second-order valence-electron chi connectivity index (χ2n) is 5.50. The Kier molecular flexibility index (Phi) is 4.82. The van der Waals surface area contributed by atoms with E-state index in [1.54, 1.807) is 7.11 Å². The van der Waals surface area contributed by atoms with Gasteiger partial charge in [0.05, 0.1) is 19.1 Å². The molecule has 2 amide bonds. The summed E-state index contributed by atoms with van der Waals surface area (Å²) in [5.74, 6) is -1.32. The molecular weight excluding hydrogens is 264 g/mol. The summed E-state index contributed by atoms with van der Waals surface area (Å²) in [5, 5.41) is 14.6. The minimum atomic E-state index is -0.842. The first kappa shape index (κ1) is 15.1. The van der Waals surface area contributed by atoms with E-state index in [2.05, 4.69) is 10.6 Å². The molecule has 0 aromatic heterocycles. The van der Waals surface area contributed by atoms with Crippen LogP contribution < -0.4 is 10.6 Å². The van der Waals surface area contributed by atoms with Gasteiger partial charge >= 0.3 is 12.0 Å². The maximum Gasteiger partial charge on any atom is 0.315 e. The number of rotatable bonds is 5. The Morgan fingerprint density at radius 2 is 2.25 bits per heavy atom. The van der Waals surface area contributed by atoms with Crippen LogP contribution in [0.4, 0.5) is 4.79 Å². The van der Waals surface area contributed by atoms with Crippen LogP contribution in [0.2, 0.25) is 0 Å². The Balaban J connectivity index is 1.79. The van der Waals surface area contributed by atoms with E-state index < -0.39 is 17.5 Å². The topological polar surface area (TPSA) is 96.9 Å². The average Bonchev–Trinajstić information content (AvgIpc) is 3.05. The molecule has 0 spiro atoms. The molecule has 1 aliphatic carbocycles. The highest BCUT2D eigenvalue weighted by atomic mass is 16.5. The fourth-order valence-electron chi connectivity index (χ4n) is 2.85. The second-order valence-corrected chi connectivity index (χ2v) is 5.50. The number of carboxylic acids is 1.